The Labute approximate surface area is 234 Å². The van der Waals surface area contributed by atoms with Crippen molar-refractivity contribution in [2.75, 3.05) is 11.5 Å². The van der Waals surface area contributed by atoms with E-state index < -0.39 is 11.9 Å². The van der Waals surface area contributed by atoms with Crippen LogP contribution in [0.1, 0.15) is 62.1 Å². The van der Waals surface area contributed by atoms with E-state index in [2.05, 4.69) is 30.1 Å². The molecule has 0 bridgehead atoms. The summed E-state index contributed by atoms with van der Waals surface area (Å²) in [6.07, 6.45) is 1.68. The van der Waals surface area contributed by atoms with Crippen molar-refractivity contribution in [3.63, 3.8) is 0 Å². The number of hydrogen-bond acceptors (Lipinski definition) is 11. The van der Waals surface area contributed by atoms with Gasteiger partial charge in [0.25, 0.3) is 0 Å². The van der Waals surface area contributed by atoms with Crippen LogP contribution in [-0.2, 0) is 9.53 Å². The number of nitriles is 1. The molecule has 5 rings (SSSR count). The van der Waals surface area contributed by atoms with Crippen molar-refractivity contribution in [3.05, 3.63) is 70.4 Å². The summed E-state index contributed by atoms with van der Waals surface area (Å²) in [7, 11) is 0. The first kappa shape index (κ1) is 26.7. The van der Waals surface area contributed by atoms with Crippen LogP contribution in [0.2, 0.25) is 0 Å². The number of allylic oxidation sites excluding steroid dienone is 3. The van der Waals surface area contributed by atoms with Gasteiger partial charge in [-0.2, -0.15) is 5.26 Å². The third-order valence-corrected chi connectivity index (χ3v) is 8.43. The van der Waals surface area contributed by atoms with Gasteiger partial charge in [-0.3, -0.25) is 9.69 Å². The number of esters is 1. The number of carbonyl (C=O) groups excluding carboxylic acids is 2. The molecule has 1 unspecified atom stereocenters. The number of thioether (sulfide) groups is 1. The molecule has 0 saturated carbocycles. The number of carbonyl (C=O) groups is 2. The maximum Gasteiger partial charge on any atom is 0.338 e. The highest BCUT2D eigenvalue weighted by Gasteiger charge is 2.42. The Morgan fingerprint density at radius 3 is 2.72 bits per heavy atom. The smallest absolute Gasteiger partial charge is 0.338 e. The Kier molecular flexibility index (Phi) is 7.59. The highest BCUT2D eigenvalue weighted by Crippen LogP contribution is 2.48. The van der Waals surface area contributed by atoms with Gasteiger partial charge in [-0.15, -0.1) is 10.2 Å². The first-order valence-electron chi connectivity index (χ1n) is 12.7. The van der Waals surface area contributed by atoms with Crippen LogP contribution in [0.3, 0.4) is 0 Å². The number of anilines is 1. The van der Waals surface area contributed by atoms with Crippen molar-refractivity contribution in [1.82, 2.24) is 10.2 Å². The lowest BCUT2D eigenvalue weighted by Crippen LogP contribution is -2.38. The second kappa shape index (κ2) is 11.1. The molecule has 200 valence electrons. The highest BCUT2D eigenvalue weighted by atomic mass is 32.2. The Bertz CT molecular complexity index is 1530. The Morgan fingerprint density at radius 2 is 2.03 bits per heavy atom. The van der Waals surface area contributed by atoms with Gasteiger partial charge in [-0.1, -0.05) is 49.1 Å². The average molecular weight is 562 g/mol. The summed E-state index contributed by atoms with van der Waals surface area (Å²) in [6, 6.07) is 12.7. The summed E-state index contributed by atoms with van der Waals surface area (Å²) < 4.78 is 12.1. The van der Waals surface area contributed by atoms with E-state index in [-0.39, 0.29) is 17.2 Å². The monoisotopic (exact) mass is 561 g/mol. The fraction of sp³-hybridized carbons (Fsp3) is 0.321. The molecule has 0 fully saturated rings. The largest absolute Gasteiger partial charge is 0.462 e. The number of Topliss-reactive ketones (excluding diaryl/α,β-unsaturated/α-hetero) is 1. The van der Waals surface area contributed by atoms with Gasteiger partial charge in [0.2, 0.25) is 5.13 Å². The van der Waals surface area contributed by atoms with Crippen molar-refractivity contribution in [3.8, 4) is 17.4 Å². The highest BCUT2D eigenvalue weighted by molar-refractivity contribution is 8.01. The number of nitrogens with two attached hydrogens (primary N) is 1. The van der Waals surface area contributed by atoms with Crippen LogP contribution in [0.5, 0.6) is 0 Å². The lowest BCUT2D eigenvalue weighted by Gasteiger charge is -2.37. The summed E-state index contributed by atoms with van der Waals surface area (Å²) >= 11 is 2.98. The maximum absolute atomic E-state index is 13.4. The van der Waals surface area contributed by atoms with Crippen molar-refractivity contribution in [1.29, 1.82) is 5.26 Å². The molecule has 0 amide bonds. The minimum Gasteiger partial charge on any atom is -0.462 e. The van der Waals surface area contributed by atoms with Crippen molar-refractivity contribution in [2.24, 2.45) is 5.73 Å². The molecule has 3 heterocycles. The number of rotatable bonds is 7. The minimum absolute atomic E-state index is 0.0375. The quantitative estimate of drug-likeness (QED) is 0.279. The molecular formula is C28H27N5O4S2. The molecule has 0 radical (unpaired) electrons. The number of ether oxygens (including phenoxy) is 1. The van der Waals surface area contributed by atoms with E-state index in [0.717, 1.165) is 15.6 Å². The van der Waals surface area contributed by atoms with E-state index in [1.807, 2.05) is 0 Å². The van der Waals surface area contributed by atoms with Crippen LogP contribution in [0, 0.1) is 11.3 Å². The summed E-state index contributed by atoms with van der Waals surface area (Å²) in [4.78, 5) is 27.1. The molecule has 2 aliphatic rings. The normalized spacial score (nSPS) is 17.5. The van der Waals surface area contributed by atoms with E-state index >= 15 is 0 Å². The molecule has 11 heteroatoms. The molecule has 3 aromatic rings. The average Bonchev–Trinajstić information content (AvgIpc) is 3.58. The van der Waals surface area contributed by atoms with Crippen LogP contribution >= 0.6 is 23.1 Å². The van der Waals surface area contributed by atoms with Crippen molar-refractivity contribution >= 4 is 40.0 Å². The predicted octanol–water partition coefficient (Wildman–Crippen LogP) is 5.78. The molecule has 2 aromatic heterocycles. The van der Waals surface area contributed by atoms with Crippen LogP contribution in [0.25, 0.3) is 11.3 Å². The third-order valence-electron chi connectivity index (χ3n) is 6.43. The number of aromatic nitrogens is 2. The maximum atomic E-state index is 13.4. The van der Waals surface area contributed by atoms with Crippen LogP contribution < -0.4 is 10.6 Å². The van der Waals surface area contributed by atoms with Gasteiger partial charge in [-0.05, 0) is 44.0 Å². The Morgan fingerprint density at radius 1 is 1.26 bits per heavy atom. The lowest BCUT2D eigenvalue weighted by atomic mass is 9.78. The van der Waals surface area contributed by atoms with Gasteiger partial charge in [0, 0.05) is 28.5 Å². The zero-order valence-electron chi connectivity index (χ0n) is 21.8. The number of furan rings is 1. The first-order chi connectivity index (χ1) is 18.8. The van der Waals surface area contributed by atoms with Gasteiger partial charge in [0.15, 0.2) is 10.1 Å². The molecule has 0 saturated heterocycles. The van der Waals surface area contributed by atoms with Gasteiger partial charge in [-0.25, -0.2) is 4.79 Å². The standard InChI is InChI=1S/C28H27N5O4S2/c1-4-36-26(35)17-10-8-16(9-11-17)21-12-13-22(37-21)23-18(14-29)25(30)33(19-6-5-7-20(34)24(19)23)27-31-32-28(39-27)38-15(2)3/h8-13,15,23H,4-7,30H2,1-3H3. The minimum atomic E-state index is -0.723. The van der Waals surface area contributed by atoms with Gasteiger partial charge in [0.1, 0.15) is 17.3 Å². The fourth-order valence-corrected chi connectivity index (χ4v) is 6.88. The SMILES string of the molecule is CCOC(=O)c1ccc(-c2ccc(C3C(C#N)=C(N)N(c4nnc(SC(C)C)s4)C4=C3C(=O)CCC4)o2)cc1. The van der Waals surface area contributed by atoms with Gasteiger partial charge < -0.3 is 14.9 Å². The van der Waals surface area contributed by atoms with Gasteiger partial charge in [0.05, 0.1) is 29.7 Å². The number of benzene rings is 1. The molecule has 1 atom stereocenters. The van der Waals surface area contributed by atoms with Crippen molar-refractivity contribution in [2.45, 2.75) is 55.5 Å². The second-order valence-electron chi connectivity index (χ2n) is 9.33. The third kappa shape index (κ3) is 5.10. The van der Waals surface area contributed by atoms with E-state index in [1.54, 1.807) is 60.0 Å². The molecule has 1 aliphatic heterocycles. The van der Waals surface area contributed by atoms with E-state index in [9.17, 15) is 14.9 Å². The molecule has 9 nitrogen and oxygen atoms in total. The fourth-order valence-electron chi connectivity index (χ4n) is 4.78. The summed E-state index contributed by atoms with van der Waals surface area (Å²) in [6.45, 7) is 6.21. The number of hydrogen-bond donors (Lipinski definition) is 1. The zero-order valence-corrected chi connectivity index (χ0v) is 23.4. The van der Waals surface area contributed by atoms with Crippen LogP contribution in [0.15, 0.2) is 67.8 Å². The molecule has 39 heavy (non-hydrogen) atoms. The van der Waals surface area contributed by atoms with E-state index in [0.29, 0.717) is 58.9 Å². The summed E-state index contributed by atoms with van der Waals surface area (Å²) in [5, 5.41) is 19.7. The molecular weight excluding hydrogens is 534 g/mol. The van der Waals surface area contributed by atoms with E-state index in [1.165, 1.54) is 11.3 Å². The van der Waals surface area contributed by atoms with E-state index in [4.69, 9.17) is 14.9 Å². The Hall–Kier alpha value is -3.88. The molecule has 1 aliphatic carbocycles. The molecule has 2 N–H and O–H groups in total. The zero-order chi connectivity index (χ0) is 27.7. The molecule has 0 spiro atoms. The summed E-state index contributed by atoms with van der Waals surface area (Å²) in [5.41, 5.74) is 9.30. The number of ketones is 1. The second-order valence-corrected chi connectivity index (χ2v) is 12.1. The predicted molar refractivity (Wildman–Crippen MR) is 149 cm³/mol. The topological polar surface area (TPSA) is 135 Å². The first-order valence-corrected chi connectivity index (χ1v) is 14.4. The number of nitrogens with zero attached hydrogens (tertiary/aromatic N) is 4. The van der Waals surface area contributed by atoms with Crippen LogP contribution in [0.4, 0.5) is 5.13 Å². The van der Waals surface area contributed by atoms with Crippen LogP contribution in [-0.4, -0.2) is 33.8 Å². The lowest BCUT2D eigenvalue weighted by molar-refractivity contribution is -0.116. The molecule has 1 aromatic carbocycles. The van der Waals surface area contributed by atoms with Crippen molar-refractivity contribution < 1.29 is 18.7 Å². The van der Waals surface area contributed by atoms with Gasteiger partial charge >= 0.3 is 5.97 Å². The summed E-state index contributed by atoms with van der Waals surface area (Å²) in [5.74, 6) is 0.0719. The Balaban J connectivity index is 1.54.